The van der Waals surface area contributed by atoms with Crippen LogP contribution in [0.1, 0.15) is 29.0 Å². The molecule has 1 atom stereocenters. The molecule has 0 radical (unpaired) electrons. The van der Waals surface area contributed by atoms with E-state index >= 15 is 0 Å². The Labute approximate surface area is 134 Å². The van der Waals surface area contributed by atoms with E-state index in [0.29, 0.717) is 6.04 Å². The van der Waals surface area contributed by atoms with E-state index in [1.165, 1.54) is 20.7 Å². The Kier molecular flexibility index (Phi) is 4.29. The van der Waals surface area contributed by atoms with E-state index in [1.807, 2.05) is 6.07 Å². The molecule has 3 aromatic rings. The molecule has 3 heteroatoms. The van der Waals surface area contributed by atoms with Gasteiger partial charge in [0, 0.05) is 27.5 Å². The highest BCUT2D eigenvalue weighted by atomic mass is 35.5. The molecule has 0 aliphatic heterocycles. The molecule has 2 aromatic carbocycles. The van der Waals surface area contributed by atoms with E-state index in [0.717, 1.165) is 17.0 Å². The van der Waals surface area contributed by atoms with Gasteiger partial charge in [-0.05, 0) is 25.5 Å². The van der Waals surface area contributed by atoms with E-state index in [1.54, 1.807) is 11.3 Å². The van der Waals surface area contributed by atoms with Crippen LogP contribution in [-0.4, -0.2) is 0 Å². The molecule has 0 aliphatic rings. The van der Waals surface area contributed by atoms with Crippen LogP contribution in [0.4, 0.5) is 0 Å². The Balaban J connectivity index is 1.74. The van der Waals surface area contributed by atoms with Gasteiger partial charge in [0.1, 0.15) is 0 Å². The zero-order valence-corrected chi connectivity index (χ0v) is 13.8. The summed E-state index contributed by atoms with van der Waals surface area (Å²) >= 11 is 8.25. The van der Waals surface area contributed by atoms with Gasteiger partial charge in [-0.15, -0.1) is 11.3 Å². The molecule has 1 N–H and O–H groups in total. The normalized spacial score (nSPS) is 12.7. The predicted octanol–water partition coefficient (Wildman–Crippen LogP) is 5.71. The lowest BCUT2D eigenvalue weighted by atomic mass is 10.1. The first-order valence-corrected chi connectivity index (χ1v) is 8.30. The van der Waals surface area contributed by atoms with Crippen molar-refractivity contribution in [1.29, 1.82) is 0 Å². The fraction of sp³-hybridized carbons (Fsp3) is 0.222. The van der Waals surface area contributed by atoms with Gasteiger partial charge in [0.05, 0.1) is 5.02 Å². The van der Waals surface area contributed by atoms with Gasteiger partial charge >= 0.3 is 0 Å². The quantitative estimate of drug-likeness (QED) is 0.650. The number of benzene rings is 2. The van der Waals surface area contributed by atoms with Crippen LogP contribution in [0.5, 0.6) is 0 Å². The molecule has 0 fully saturated rings. The van der Waals surface area contributed by atoms with Crippen molar-refractivity contribution in [3.8, 4) is 0 Å². The van der Waals surface area contributed by atoms with E-state index in [4.69, 9.17) is 11.6 Å². The first-order chi connectivity index (χ1) is 10.1. The lowest BCUT2D eigenvalue weighted by Gasteiger charge is -2.14. The molecule has 0 spiro atoms. The number of thiophene rings is 1. The number of hydrogen-bond acceptors (Lipinski definition) is 2. The van der Waals surface area contributed by atoms with Crippen molar-refractivity contribution in [1.82, 2.24) is 5.32 Å². The van der Waals surface area contributed by atoms with Crippen LogP contribution in [0.15, 0.2) is 48.5 Å². The molecule has 1 nitrogen and oxygen atoms in total. The molecule has 108 valence electrons. The topological polar surface area (TPSA) is 12.0 Å². The average molecular weight is 316 g/mol. The van der Waals surface area contributed by atoms with E-state index in [2.05, 4.69) is 61.6 Å². The van der Waals surface area contributed by atoms with Gasteiger partial charge in [-0.3, -0.25) is 0 Å². The Hall–Kier alpha value is -1.35. The van der Waals surface area contributed by atoms with Crippen LogP contribution in [-0.2, 0) is 6.54 Å². The number of halogens is 1. The van der Waals surface area contributed by atoms with Crippen molar-refractivity contribution in [3.05, 3.63) is 69.6 Å². The number of fused-ring (bicyclic) bond motifs is 1. The highest BCUT2D eigenvalue weighted by Crippen LogP contribution is 2.35. The minimum absolute atomic E-state index is 0.312. The molecule has 21 heavy (non-hydrogen) atoms. The summed E-state index contributed by atoms with van der Waals surface area (Å²) < 4.78 is 1.25. The van der Waals surface area contributed by atoms with Crippen molar-refractivity contribution in [2.75, 3.05) is 0 Å². The second-order valence-corrected chi connectivity index (χ2v) is 6.86. The Morgan fingerprint density at radius 2 is 1.81 bits per heavy atom. The maximum Gasteiger partial charge on any atom is 0.0636 e. The number of nitrogens with one attached hydrogen (secondary N) is 1. The van der Waals surface area contributed by atoms with E-state index < -0.39 is 0 Å². The van der Waals surface area contributed by atoms with Gasteiger partial charge in [0.25, 0.3) is 0 Å². The molecule has 0 saturated carbocycles. The van der Waals surface area contributed by atoms with Gasteiger partial charge < -0.3 is 5.32 Å². The summed E-state index contributed by atoms with van der Waals surface area (Å²) in [5.74, 6) is 0. The second-order valence-electron chi connectivity index (χ2n) is 5.35. The molecule has 0 unspecified atom stereocenters. The standard InChI is InChI=1S/C18H18ClNS/c1-12-7-9-14(10-8-12)13(2)20-11-17-18(19)15-5-3-4-6-16(15)21-17/h3-10,13,20H,11H2,1-2H3/t13-/m1/s1. The van der Waals surface area contributed by atoms with Crippen molar-refractivity contribution in [2.45, 2.75) is 26.4 Å². The van der Waals surface area contributed by atoms with Crippen molar-refractivity contribution in [2.24, 2.45) is 0 Å². The maximum atomic E-state index is 6.48. The number of aryl methyl sites for hydroxylation is 1. The Morgan fingerprint density at radius 1 is 1.10 bits per heavy atom. The minimum atomic E-state index is 0.312. The predicted molar refractivity (Wildman–Crippen MR) is 93.3 cm³/mol. The molecular formula is C18H18ClNS. The third-order valence-corrected chi connectivity index (χ3v) is 5.46. The second kappa shape index (κ2) is 6.18. The first kappa shape index (κ1) is 14.6. The summed E-state index contributed by atoms with van der Waals surface area (Å²) in [7, 11) is 0. The lowest BCUT2D eigenvalue weighted by Crippen LogP contribution is -2.17. The van der Waals surface area contributed by atoms with Gasteiger partial charge in [0.15, 0.2) is 0 Å². The van der Waals surface area contributed by atoms with Crippen molar-refractivity contribution >= 4 is 33.0 Å². The molecule has 0 saturated heterocycles. The fourth-order valence-corrected chi connectivity index (χ4v) is 3.85. The number of hydrogen-bond donors (Lipinski definition) is 1. The van der Waals surface area contributed by atoms with E-state index in [9.17, 15) is 0 Å². The largest absolute Gasteiger partial charge is 0.305 e. The van der Waals surface area contributed by atoms with Gasteiger partial charge in [-0.1, -0.05) is 59.6 Å². The smallest absolute Gasteiger partial charge is 0.0636 e. The summed E-state index contributed by atoms with van der Waals surface area (Å²) in [6.07, 6.45) is 0. The summed E-state index contributed by atoms with van der Waals surface area (Å²) in [6.45, 7) is 5.10. The maximum absolute atomic E-state index is 6.48. The van der Waals surface area contributed by atoms with Crippen LogP contribution < -0.4 is 5.32 Å². The molecular weight excluding hydrogens is 298 g/mol. The molecule has 1 aromatic heterocycles. The highest BCUT2D eigenvalue weighted by molar-refractivity contribution is 7.19. The summed E-state index contributed by atoms with van der Waals surface area (Å²) in [5.41, 5.74) is 2.59. The van der Waals surface area contributed by atoms with Crippen LogP contribution in [0.3, 0.4) is 0 Å². The molecule has 0 bridgehead atoms. The zero-order valence-electron chi connectivity index (χ0n) is 12.2. The Morgan fingerprint density at radius 3 is 2.52 bits per heavy atom. The lowest BCUT2D eigenvalue weighted by molar-refractivity contribution is 0.579. The monoisotopic (exact) mass is 315 g/mol. The van der Waals surface area contributed by atoms with Crippen LogP contribution >= 0.6 is 22.9 Å². The van der Waals surface area contributed by atoms with Crippen LogP contribution in [0.25, 0.3) is 10.1 Å². The van der Waals surface area contributed by atoms with Crippen LogP contribution in [0, 0.1) is 6.92 Å². The van der Waals surface area contributed by atoms with Gasteiger partial charge in [-0.25, -0.2) is 0 Å². The van der Waals surface area contributed by atoms with Gasteiger partial charge in [-0.2, -0.15) is 0 Å². The SMILES string of the molecule is Cc1ccc([C@@H](C)NCc2sc3ccccc3c2Cl)cc1. The summed E-state index contributed by atoms with van der Waals surface area (Å²) in [5, 5.41) is 5.61. The number of rotatable bonds is 4. The molecule has 3 rings (SSSR count). The zero-order chi connectivity index (χ0) is 14.8. The van der Waals surface area contributed by atoms with Crippen LogP contribution in [0.2, 0.25) is 5.02 Å². The molecule has 0 aliphatic carbocycles. The fourth-order valence-electron chi connectivity index (χ4n) is 2.40. The van der Waals surface area contributed by atoms with Crippen molar-refractivity contribution < 1.29 is 0 Å². The highest BCUT2D eigenvalue weighted by Gasteiger charge is 2.11. The van der Waals surface area contributed by atoms with Crippen molar-refractivity contribution in [3.63, 3.8) is 0 Å². The molecule has 1 heterocycles. The Bertz CT molecular complexity index is 746. The third kappa shape index (κ3) is 3.13. The third-order valence-electron chi connectivity index (χ3n) is 3.75. The van der Waals surface area contributed by atoms with Gasteiger partial charge in [0.2, 0.25) is 0 Å². The first-order valence-electron chi connectivity index (χ1n) is 7.11. The summed E-state index contributed by atoms with van der Waals surface area (Å²) in [4.78, 5) is 1.21. The summed E-state index contributed by atoms with van der Waals surface area (Å²) in [6, 6.07) is 17.3. The van der Waals surface area contributed by atoms with E-state index in [-0.39, 0.29) is 0 Å². The molecule has 0 amide bonds. The minimum Gasteiger partial charge on any atom is -0.305 e. The average Bonchev–Trinajstić information content (AvgIpc) is 2.82.